The van der Waals surface area contributed by atoms with Gasteiger partial charge in [0.2, 0.25) is 0 Å². The van der Waals surface area contributed by atoms with Crippen molar-refractivity contribution in [1.82, 2.24) is 9.55 Å². The third-order valence-electron chi connectivity index (χ3n) is 6.29. The number of carboxylic acids is 1. The zero-order chi connectivity index (χ0) is 25.4. The average molecular weight is 498 g/mol. The van der Waals surface area contributed by atoms with Gasteiger partial charge in [0.15, 0.2) is 0 Å². The summed E-state index contributed by atoms with van der Waals surface area (Å²) in [5.74, 6) is -0.197. The second-order valence-electron chi connectivity index (χ2n) is 8.86. The first kappa shape index (κ1) is 22.8. The van der Waals surface area contributed by atoms with Crippen molar-refractivity contribution < 1.29 is 23.8 Å². The van der Waals surface area contributed by atoms with Crippen molar-refractivity contribution in [2.24, 2.45) is 0 Å². The fraction of sp³-hybridized carbons (Fsp3) is 0.179. The van der Waals surface area contributed by atoms with Gasteiger partial charge in [-0.3, -0.25) is 14.2 Å². The van der Waals surface area contributed by atoms with E-state index in [9.17, 15) is 14.7 Å². The van der Waals surface area contributed by atoms with E-state index >= 15 is 0 Å². The van der Waals surface area contributed by atoms with Crippen molar-refractivity contribution in [2.45, 2.75) is 19.2 Å². The van der Waals surface area contributed by atoms with Gasteiger partial charge in [0.25, 0.3) is 5.56 Å². The minimum Gasteiger partial charge on any atom is -0.486 e. The monoisotopic (exact) mass is 497 g/mol. The predicted molar refractivity (Wildman–Crippen MR) is 138 cm³/mol. The summed E-state index contributed by atoms with van der Waals surface area (Å²) in [5, 5.41) is 14.6. The topological polar surface area (TPSA) is 116 Å². The molecular weight excluding hydrogens is 474 g/mol. The van der Waals surface area contributed by atoms with Crippen molar-refractivity contribution in [2.75, 3.05) is 18.5 Å². The van der Waals surface area contributed by atoms with Crippen LogP contribution in [0.2, 0.25) is 0 Å². The van der Waals surface area contributed by atoms with E-state index in [1.54, 1.807) is 24.3 Å². The molecule has 1 aliphatic heterocycles. The molecule has 0 atom stereocenters. The molecule has 0 amide bonds. The number of ether oxygens (including phenoxy) is 2. The Bertz CT molecular complexity index is 1670. The number of carbonyl (C=O) groups is 1. The first-order chi connectivity index (χ1) is 18.0. The number of hydrogen-bond donors (Lipinski definition) is 2. The Balaban J connectivity index is 1.26. The largest absolute Gasteiger partial charge is 0.486 e. The van der Waals surface area contributed by atoms with E-state index in [4.69, 9.17) is 13.9 Å². The molecule has 6 rings (SSSR count). The summed E-state index contributed by atoms with van der Waals surface area (Å²) < 4.78 is 17.9. The Labute approximate surface area is 210 Å². The lowest BCUT2D eigenvalue weighted by molar-refractivity contribution is -0.137. The lowest BCUT2D eigenvalue weighted by atomic mass is 10.1. The van der Waals surface area contributed by atoms with Crippen LogP contribution in [0.25, 0.3) is 33.3 Å². The number of aliphatic carboxylic acids is 1. The quantitative estimate of drug-likeness (QED) is 0.326. The van der Waals surface area contributed by atoms with Gasteiger partial charge in [0.1, 0.15) is 41.1 Å². The van der Waals surface area contributed by atoms with E-state index in [1.165, 1.54) is 6.20 Å². The zero-order valence-electron chi connectivity index (χ0n) is 19.7. The maximum atomic E-state index is 13.3. The van der Waals surface area contributed by atoms with Gasteiger partial charge in [-0.05, 0) is 48.0 Å². The normalized spacial score (nSPS) is 13.5. The molecule has 5 aromatic rings. The van der Waals surface area contributed by atoms with Crippen LogP contribution < -0.4 is 15.6 Å². The average Bonchev–Trinajstić information content (AvgIpc) is 3.25. The molecular formula is C28H23N3O6. The Kier molecular flexibility index (Phi) is 5.82. The van der Waals surface area contributed by atoms with Crippen LogP contribution in [-0.2, 0) is 22.6 Å². The molecule has 37 heavy (non-hydrogen) atoms. The van der Waals surface area contributed by atoms with Gasteiger partial charge < -0.3 is 24.3 Å². The molecule has 1 fully saturated rings. The molecule has 1 saturated heterocycles. The molecule has 3 aromatic carbocycles. The fourth-order valence-corrected chi connectivity index (χ4v) is 4.36. The van der Waals surface area contributed by atoms with Crippen molar-refractivity contribution in [3.63, 3.8) is 0 Å². The minimum absolute atomic E-state index is 0.0347. The highest BCUT2D eigenvalue weighted by Crippen LogP contribution is 2.29. The van der Waals surface area contributed by atoms with Crippen LogP contribution in [0, 0.1) is 0 Å². The first-order valence-electron chi connectivity index (χ1n) is 11.9. The van der Waals surface area contributed by atoms with Crippen LogP contribution in [0.15, 0.2) is 82.1 Å². The maximum Gasteiger partial charge on any atom is 0.323 e. The Hall–Kier alpha value is -4.63. The molecule has 0 saturated carbocycles. The molecule has 9 nitrogen and oxygen atoms in total. The van der Waals surface area contributed by atoms with E-state index in [-0.39, 0.29) is 17.6 Å². The van der Waals surface area contributed by atoms with Crippen molar-refractivity contribution >= 4 is 33.6 Å². The van der Waals surface area contributed by atoms with Gasteiger partial charge in [-0.15, -0.1) is 0 Å². The summed E-state index contributed by atoms with van der Waals surface area (Å²) in [4.78, 5) is 29.3. The second kappa shape index (κ2) is 9.44. The summed E-state index contributed by atoms with van der Waals surface area (Å²) in [6.45, 7) is 0.960. The second-order valence-corrected chi connectivity index (χ2v) is 8.86. The number of nitrogens with zero attached hydrogens (tertiary/aromatic N) is 2. The van der Waals surface area contributed by atoms with Gasteiger partial charge in [0.05, 0.1) is 19.4 Å². The third-order valence-corrected chi connectivity index (χ3v) is 6.29. The number of para-hydroxylation sites is 1. The summed E-state index contributed by atoms with van der Waals surface area (Å²) >= 11 is 0. The van der Waals surface area contributed by atoms with Gasteiger partial charge in [0, 0.05) is 22.9 Å². The molecule has 2 aromatic heterocycles. The van der Waals surface area contributed by atoms with Crippen molar-refractivity contribution in [3.05, 3.63) is 88.8 Å². The Morgan fingerprint density at radius 2 is 1.84 bits per heavy atom. The number of hydrogen-bond acceptors (Lipinski definition) is 7. The van der Waals surface area contributed by atoms with Crippen LogP contribution in [0.4, 0.5) is 5.69 Å². The SMILES string of the molecule is O=C(O)Cn1c(-c2ccc(OC3COC3)cc2)ncc(NCc2ccc3oc4ccccc4c3c2)c1=O. The maximum absolute atomic E-state index is 13.3. The first-order valence-corrected chi connectivity index (χ1v) is 11.9. The number of furan rings is 1. The van der Waals surface area contributed by atoms with Crippen molar-refractivity contribution in [3.8, 4) is 17.1 Å². The van der Waals surface area contributed by atoms with Crippen molar-refractivity contribution in [1.29, 1.82) is 0 Å². The number of benzene rings is 3. The predicted octanol–water partition coefficient (Wildman–Crippen LogP) is 4.28. The lowest BCUT2D eigenvalue weighted by Crippen LogP contribution is -2.38. The number of carboxylic acid groups (broad SMARTS) is 1. The van der Waals surface area contributed by atoms with E-state index in [2.05, 4.69) is 10.3 Å². The van der Waals surface area contributed by atoms with Gasteiger partial charge in [-0.25, -0.2) is 4.98 Å². The molecule has 0 bridgehead atoms. The number of nitrogens with one attached hydrogen (secondary N) is 1. The van der Waals surface area contributed by atoms with Crippen LogP contribution in [0.5, 0.6) is 5.75 Å². The zero-order valence-corrected chi connectivity index (χ0v) is 19.7. The molecule has 0 radical (unpaired) electrons. The van der Waals surface area contributed by atoms with E-state index < -0.39 is 18.1 Å². The fourth-order valence-electron chi connectivity index (χ4n) is 4.36. The van der Waals surface area contributed by atoms with E-state index in [0.29, 0.717) is 31.1 Å². The number of aromatic nitrogens is 2. The summed E-state index contributed by atoms with van der Waals surface area (Å²) in [6, 6.07) is 20.7. The smallest absolute Gasteiger partial charge is 0.323 e. The third kappa shape index (κ3) is 4.52. The Morgan fingerprint density at radius 1 is 1.05 bits per heavy atom. The highest BCUT2D eigenvalue weighted by atomic mass is 16.6. The molecule has 2 N–H and O–H groups in total. The minimum atomic E-state index is -1.13. The number of rotatable bonds is 8. The van der Waals surface area contributed by atoms with E-state index in [0.717, 1.165) is 32.1 Å². The molecule has 1 aliphatic rings. The highest BCUT2D eigenvalue weighted by Gasteiger charge is 2.20. The molecule has 3 heterocycles. The number of anilines is 1. The summed E-state index contributed by atoms with van der Waals surface area (Å²) in [6.07, 6.45) is 1.48. The molecule has 9 heteroatoms. The molecule has 186 valence electrons. The van der Waals surface area contributed by atoms with Gasteiger partial charge in [-0.1, -0.05) is 24.3 Å². The van der Waals surface area contributed by atoms with Crippen LogP contribution in [-0.4, -0.2) is 39.9 Å². The molecule has 0 spiro atoms. The van der Waals surface area contributed by atoms with E-state index in [1.807, 2.05) is 42.5 Å². The number of fused-ring (bicyclic) bond motifs is 3. The summed E-state index contributed by atoms with van der Waals surface area (Å²) in [7, 11) is 0. The molecule has 0 aliphatic carbocycles. The van der Waals surface area contributed by atoms with Crippen LogP contribution >= 0.6 is 0 Å². The van der Waals surface area contributed by atoms with Gasteiger partial charge >= 0.3 is 5.97 Å². The van der Waals surface area contributed by atoms with Crippen LogP contribution in [0.3, 0.4) is 0 Å². The van der Waals surface area contributed by atoms with Gasteiger partial charge in [-0.2, -0.15) is 0 Å². The Morgan fingerprint density at radius 3 is 2.59 bits per heavy atom. The molecule has 0 unspecified atom stereocenters. The van der Waals surface area contributed by atoms with Crippen LogP contribution in [0.1, 0.15) is 5.56 Å². The summed E-state index contributed by atoms with van der Waals surface area (Å²) in [5.41, 5.74) is 2.91. The standard InChI is InChI=1S/C28H23N3O6/c32-26(33)14-31-27(18-6-8-19(9-7-18)36-20-15-35-16-20)30-13-23(28(31)34)29-12-17-5-10-25-22(11-17)21-3-1-2-4-24(21)37-25/h1-11,13,20,29H,12,14-16H2,(H,32,33). The lowest BCUT2D eigenvalue weighted by Gasteiger charge is -2.26. The highest BCUT2D eigenvalue weighted by molar-refractivity contribution is 6.05.